The Hall–Kier alpha value is -1.92. The van der Waals surface area contributed by atoms with Crippen LogP contribution in [0.15, 0.2) is 16.8 Å². The minimum absolute atomic E-state index is 0.131. The minimum atomic E-state index is -0.883. The molecular weight excluding hydrogens is 214 g/mol. The number of nitro groups is 1. The van der Waals surface area contributed by atoms with Crippen molar-refractivity contribution in [1.82, 2.24) is 0 Å². The summed E-state index contributed by atoms with van der Waals surface area (Å²) < 4.78 is 0. The van der Waals surface area contributed by atoms with Crippen LogP contribution in [0.3, 0.4) is 0 Å². The van der Waals surface area contributed by atoms with Crippen molar-refractivity contribution in [3.63, 3.8) is 0 Å². The van der Waals surface area contributed by atoms with Crippen LogP contribution in [0.5, 0.6) is 0 Å². The van der Waals surface area contributed by atoms with Gasteiger partial charge in [-0.3, -0.25) is 14.9 Å². The summed E-state index contributed by atoms with van der Waals surface area (Å²) in [5.41, 5.74) is 5.36. The molecule has 2 N–H and O–H groups in total. The van der Waals surface area contributed by atoms with Gasteiger partial charge in [0.2, 0.25) is 6.04 Å². The second-order valence-electron chi connectivity index (χ2n) is 3.06. The van der Waals surface area contributed by atoms with Crippen LogP contribution in [-0.2, 0) is 9.63 Å². The summed E-state index contributed by atoms with van der Waals surface area (Å²) in [6, 6.07) is -0.883. The lowest BCUT2D eigenvalue weighted by Gasteiger charge is -2.06. The van der Waals surface area contributed by atoms with Crippen LogP contribution in [0, 0.1) is 10.1 Å². The molecule has 16 heavy (non-hydrogen) atoms. The predicted octanol–water partition coefficient (Wildman–Crippen LogP) is 0.476. The van der Waals surface area contributed by atoms with Gasteiger partial charge < -0.3 is 10.6 Å². The number of primary amides is 1. The minimum Gasteiger partial charge on any atom is -0.398 e. The van der Waals surface area contributed by atoms with Crippen molar-refractivity contribution < 1.29 is 14.6 Å². The number of hydrogen-bond donors (Lipinski definition) is 1. The number of oxime groups is 1. The van der Waals surface area contributed by atoms with Gasteiger partial charge in [0.05, 0.1) is 0 Å². The zero-order chi connectivity index (χ0) is 12.7. The number of hydrogen-bond acceptors (Lipinski definition) is 5. The topological polar surface area (TPSA) is 108 Å². The lowest BCUT2D eigenvalue weighted by Crippen LogP contribution is -2.24. The zero-order valence-electron chi connectivity index (χ0n) is 9.47. The summed E-state index contributed by atoms with van der Waals surface area (Å²) in [7, 11) is 1.26. The van der Waals surface area contributed by atoms with E-state index in [9.17, 15) is 14.9 Å². The Balaban J connectivity index is 5.13. The summed E-state index contributed by atoms with van der Waals surface area (Å²) in [5, 5.41) is 14.0. The quantitative estimate of drug-likeness (QED) is 0.405. The van der Waals surface area contributed by atoms with Crippen LogP contribution in [-0.4, -0.2) is 29.7 Å². The molecule has 0 fully saturated rings. The Morgan fingerprint density at radius 1 is 1.69 bits per heavy atom. The van der Waals surface area contributed by atoms with E-state index in [0.29, 0.717) is 12.0 Å². The average molecular weight is 229 g/mol. The summed E-state index contributed by atoms with van der Waals surface area (Å²) in [6.07, 6.45) is 1.72. The molecule has 0 saturated heterocycles. The number of nitrogens with zero attached hydrogens (tertiary/aromatic N) is 2. The first-order valence-electron chi connectivity index (χ1n) is 4.68. The van der Waals surface area contributed by atoms with E-state index < -0.39 is 16.9 Å². The van der Waals surface area contributed by atoms with E-state index in [1.807, 2.05) is 0 Å². The molecule has 0 aliphatic rings. The average Bonchev–Trinajstić information content (AvgIpc) is 2.22. The van der Waals surface area contributed by atoms with Gasteiger partial charge in [-0.15, -0.1) is 0 Å². The van der Waals surface area contributed by atoms with Crippen LogP contribution >= 0.6 is 0 Å². The van der Waals surface area contributed by atoms with Crippen LogP contribution < -0.4 is 5.73 Å². The molecule has 1 unspecified atom stereocenters. The predicted molar refractivity (Wildman–Crippen MR) is 58.5 cm³/mol. The molecule has 1 atom stereocenters. The molecule has 0 saturated carbocycles. The van der Waals surface area contributed by atoms with E-state index >= 15 is 0 Å². The molecule has 1 amide bonds. The highest BCUT2D eigenvalue weighted by molar-refractivity contribution is 6.42. The number of amides is 1. The van der Waals surface area contributed by atoms with Crippen LogP contribution in [0.1, 0.15) is 20.3 Å². The van der Waals surface area contributed by atoms with E-state index in [2.05, 4.69) is 9.99 Å². The zero-order valence-corrected chi connectivity index (χ0v) is 9.47. The monoisotopic (exact) mass is 229 g/mol. The first-order valence-corrected chi connectivity index (χ1v) is 4.68. The number of rotatable bonds is 6. The standard InChI is InChI=1S/C9H15N3O4/c1-4-7(6(2)12(14)15)5-8(9(10)13)11-16-3/h5-6H,4H2,1-3H3,(H2,10,13)/b7-5+,11-8-. The molecule has 0 aliphatic heterocycles. The lowest BCUT2D eigenvalue weighted by molar-refractivity contribution is -0.507. The van der Waals surface area contributed by atoms with E-state index in [0.717, 1.165) is 0 Å². The van der Waals surface area contributed by atoms with E-state index in [1.165, 1.54) is 20.1 Å². The van der Waals surface area contributed by atoms with Gasteiger partial charge >= 0.3 is 0 Å². The van der Waals surface area contributed by atoms with Crippen LogP contribution in [0.4, 0.5) is 0 Å². The molecule has 0 aliphatic carbocycles. The molecule has 0 aromatic heterocycles. The fourth-order valence-electron chi connectivity index (χ4n) is 1.07. The second kappa shape index (κ2) is 6.54. The Morgan fingerprint density at radius 3 is 2.56 bits per heavy atom. The largest absolute Gasteiger partial charge is 0.398 e. The third-order valence-corrected chi connectivity index (χ3v) is 2.03. The molecule has 0 aromatic rings. The SMILES string of the molecule is CC/C(=C\C(=N\OC)C(N)=O)C(C)[N+](=O)[O-]. The maximum Gasteiger partial charge on any atom is 0.270 e. The number of nitrogens with two attached hydrogens (primary N) is 1. The van der Waals surface area contributed by atoms with Crippen LogP contribution in [0.25, 0.3) is 0 Å². The van der Waals surface area contributed by atoms with Gasteiger partial charge in [-0.25, -0.2) is 0 Å². The number of carbonyl (C=O) groups excluding carboxylic acids is 1. The summed E-state index contributed by atoms with van der Waals surface area (Å²) in [6.45, 7) is 3.18. The Morgan fingerprint density at radius 2 is 2.25 bits per heavy atom. The van der Waals surface area contributed by atoms with Gasteiger partial charge in [0.1, 0.15) is 7.11 Å². The Bertz CT molecular complexity index is 336. The van der Waals surface area contributed by atoms with E-state index in [1.54, 1.807) is 6.92 Å². The lowest BCUT2D eigenvalue weighted by atomic mass is 10.0. The van der Waals surface area contributed by atoms with Crippen molar-refractivity contribution >= 4 is 11.6 Å². The third-order valence-electron chi connectivity index (χ3n) is 2.03. The summed E-state index contributed by atoms with van der Waals surface area (Å²) >= 11 is 0. The second-order valence-corrected chi connectivity index (χ2v) is 3.06. The molecule has 0 rings (SSSR count). The highest BCUT2D eigenvalue weighted by Gasteiger charge is 2.19. The summed E-state index contributed by atoms with van der Waals surface area (Å²) in [4.78, 5) is 25.5. The fourth-order valence-corrected chi connectivity index (χ4v) is 1.07. The molecule has 7 nitrogen and oxygen atoms in total. The van der Waals surface area contributed by atoms with Gasteiger partial charge in [0, 0.05) is 17.4 Å². The molecule has 0 bridgehead atoms. The third kappa shape index (κ3) is 4.07. The smallest absolute Gasteiger partial charge is 0.270 e. The molecule has 90 valence electrons. The van der Waals surface area contributed by atoms with Crippen molar-refractivity contribution in [2.45, 2.75) is 26.3 Å². The van der Waals surface area contributed by atoms with Gasteiger partial charge in [0.15, 0.2) is 5.71 Å². The van der Waals surface area contributed by atoms with Gasteiger partial charge in [-0.05, 0) is 12.5 Å². The molecule has 0 heterocycles. The molecule has 0 spiro atoms. The fraction of sp³-hybridized carbons (Fsp3) is 0.556. The molecule has 0 radical (unpaired) electrons. The van der Waals surface area contributed by atoms with Crippen molar-refractivity contribution in [3.8, 4) is 0 Å². The van der Waals surface area contributed by atoms with Crippen molar-refractivity contribution in [2.24, 2.45) is 10.9 Å². The van der Waals surface area contributed by atoms with E-state index in [-0.39, 0.29) is 5.71 Å². The summed E-state index contributed by atoms with van der Waals surface area (Å²) in [5.74, 6) is -0.789. The van der Waals surface area contributed by atoms with Crippen molar-refractivity contribution in [1.29, 1.82) is 0 Å². The van der Waals surface area contributed by atoms with Crippen molar-refractivity contribution in [2.75, 3.05) is 7.11 Å². The first kappa shape index (κ1) is 14.1. The van der Waals surface area contributed by atoms with E-state index in [4.69, 9.17) is 5.73 Å². The molecule has 0 aromatic carbocycles. The maximum atomic E-state index is 10.9. The van der Waals surface area contributed by atoms with Gasteiger partial charge in [0.25, 0.3) is 5.91 Å². The maximum absolute atomic E-state index is 10.9. The number of carbonyl (C=O) groups is 1. The Labute approximate surface area is 93.1 Å². The first-order chi connectivity index (χ1) is 7.43. The highest BCUT2D eigenvalue weighted by atomic mass is 16.6. The van der Waals surface area contributed by atoms with Crippen molar-refractivity contribution in [3.05, 3.63) is 21.8 Å². The molecular formula is C9H15N3O4. The molecule has 7 heteroatoms. The van der Waals surface area contributed by atoms with Gasteiger partial charge in [-0.2, -0.15) is 0 Å². The van der Waals surface area contributed by atoms with Gasteiger partial charge in [-0.1, -0.05) is 12.1 Å². The highest BCUT2D eigenvalue weighted by Crippen LogP contribution is 2.10. The normalized spacial score (nSPS) is 14.4. The Kier molecular flexibility index (Phi) is 5.76. The van der Waals surface area contributed by atoms with Crippen LogP contribution in [0.2, 0.25) is 0 Å².